The number of ether oxygens (including phenoxy) is 1. The molecule has 0 amide bonds. The normalized spacial score (nSPS) is 10.6. The quantitative estimate of drug-likeness (QED) is 0.477. The minimum atomic E-state index is -0.522. The predicted molar refractivity (Wildman–Crippen MR) is 77.7 cm³/mol. The third kappa shape index (κ3) is 2.70. The largest absolute Gasteiger partial charge is 0.466 e. The van der Waals surface area contributed by atoms with Gasteiger partial charge in [-0.25, -0.2) is 0 Å². The first-order valence-corrected chi connectivity index (χ1v) is 6.90. The molecule has 0 fully saturated rings. The summed E-state index contributed by atoms with van der Waals surface area (Å²) < 4.78 is 7.11. The number of carbonyl (C=O) groups excluding carboxylic acids is 2. The molecular weight excluding hydrogens is 326 g/mol. The lowest BCUT2D eigenvalue weighted by molar-refractivity contribution is -0.141. The molecule has 5 nitrogen and oxygen atoms in total. The number of Topliss-reactive ketones (excluding diaryl/α,β-unsaturated/α-hetero) is 1. The summed E-state index contributed by atoms with van der Waals surface area (Å²) in [6.07, 6.45) is 1.31. The number of aromatic nitrogens is 1. The van der Waals surface area contributed by atoms with Crippen LogP contribution in [0.4, 0.5) is 0 Å². The molecule has 0 unspecified atom stereocenters. The zero-order chi connectivity index (χ0) is 14.7. The maximum Gasteiger partial charge on any atom is 0.313 e. The van der Waals surface area contributed by atoms with Crippen LogP contribution in [0.2, 0.25) is 0 Å². The van der Waals surface area contributed by atoms with E-state index in [0.29, 0.717) is 5.56 Å². The van der Waals surface area contributed by atoms with Crippen molar-refractivity contribution >= 4 is 38.6 Å². The molecule has 0 atom stereocenters. The van der Waals surface area contributed by atoms with Crippen LogP contribution in [-0.2, 0) is 9.53 Å². The summed E-state index contributed by atoms with van der Waals surface area (Å²) in [5.41, 5.74) is 1.19. The SMILES string of the molecule is CCOC(=O)CC(=O)c1cn(OC)c2c(Br)cccc12. The number of esters is 1. The van der Waals surface area contributed by atoms with Crippen LogP contribution in [0.25, 0.3) is 10.9 Å². The van der Waals surface area contributed by atoms with E-state index in [1.807, 2.05) is 18.2 Å². The van der Waals surface area contributed by atoms with Crippen molar-refractivity contribution in [3.05, 3.63) is 34.4 Å². The average molecular weight is 340 g/mol. The van der Waals surface area contributed by atoms with Gasteiger partial charge in [0.1, 0.15) is 19.0 Å². The average Bonchev–Trinajstić information content (AvgIpc) is 2.79. The zero-order valence-electron chi connectivity index (χ0n) is 11.2. The van der Waals surface area contributed by atoms with Gasteiger partial charge in [-0.2, -0.15) is 4.73 Å². The highest BCUT2D eigenvalue weighted by atomic mass is 79.9. The lowest BCUT2D eigenvalue weighted by atomic mass is 10.1. The third-order valence-corrected chi connectivity index (χ3v) is 3.49. The molecule has 1 heterocycles. The van der Waals surface area contributed by atoms with Crippen LogP contribution in [0.15, 0.2) is 28.9 Å². The van der Waals surface area contributed by atoms with Crippen LogP contribution >= 0.6 is 15.9 Å². The van der Waals surface area contributed by atoms with Gasteiger partial charge in [0.05, 0.1) is 12.8 Å². The molecule has 0 saturated carbocycles. The van der Waals surface area contributed by atoms with Crippen LogP contribution < -0.4 is 4.84 Å². The highest BCUT2D eigenvalue weighted by molar-refractivity contribution is 9.10. The fraction of sp³-hybridized carbons (Fsp3) is 0.286. The molecule has 0 spiro atoms. The Hall–Kier alpha value is -1.82. The van der Waals surface area contributed by atoms with E-state index in [-0.39, 0.29) is 18.8 Å². The monoisotopic (exact) mass is 339 g/mol. The first kappa shape index (κ1) is 14.6. The van der Waals surface area contributed by atoms with Gasteiger partial charge < -0.3 is 9.57 Å². The maximum absolute atomic E-state index is 12.2. The summed E-state index contributed by atoms with van der Waals surface area (Å²) in [5, 5.41) is 0.732. The van der Waals surface area contributed by atoms with E-state index in [1.165, 1.54) is 11.8 Å². The number of halogens is 1. The second kappa shape index (κ2) is 6.09. The minimum absolute atomic E-state index is 0.261. The number of hydrogen-bond donors (Lipinski definition) is 0. The van der Waals surface area contributed by atoms with Crippen LogP contribution in [0.1, 0.15) is 23.7 Å². The molecule has 0 bridgehead atoms. The second-order valence-corrected chi connectivity index (χ2v) is 4.95. The summed E-state index contributed by atoms with van der Waals surface area (Å²) >= 11 is 3.42. The summed E-state index contributed by atoms with van der Waals surface area (Å²) in [7, 11) is 1.51. The van der Waals surface area contributed by atoms with Gasteiger partial charge in [-0.05, 0) is 28.9 Å². The number of benzene rings is 1. The molecule has 0 saturated heterocycles. The lowest BCUT2D eigenvalue weighted by Crippen LogP contribution is -2.11. The van der Waals surface area contributed by atoms with Crippen LogP contribution in [0.3, 0.4) is 0 Å². The van der Waals surface area contributed by atoms with Crippen molar-refractivity contribution in [3.63, 3.8) is 0 Å². The molecule has 2 aromatic rings. The molecule has 1 aromatic heterocycles. The maximum atomic E-state index is 12.2. The number of nitrogens with zero attached hydrogens (tertiary/aromatic N) is 1. The highest BCUT2D eigenvalue weighted by Crippen LogP contribution is 2.28. The summed E-state index contributed by atoms with van der Waals surface area (Å²) in [6, 6.07) is 5.50. The van der Waals surface area contributed by atoms with E-state index >= 15 is 0 Å². The van der Waals surface area contributed by atoms with E-state index in [4.69, 9.17) is 9.57 Å². The smallest absolute Gasteiger partial charge is 0.313 e. The zero-order valence-corrected chi connectivity index (χ0v) is 12.8. The molecule has 0 N–H and O–H groups in total. The van der Waals surface area contributed by atoms with Crippen LogP contribution in [-0.4, -0.2) is 30.2 Å². The standard InChI is InChI=1S/C14H14BrNO4/c1-3-20-13(18)7-12(17)10-8-16(19-2)14-9(10)5-4-6-11(14)15/h4-6,8H,3,7H2,1-2H3. The van der Waals surface area contributed by atoms with E-state index in [1.54, 1.807) is 13.1 Å². The Labute approximate surface area is 124 Å². The third-order valence-electron chi connectivity index (χ3n) is 2.85. The van der Waals surface area contributed by atoms with Crippen LogP contribution in [0, 0.1) is 0 Å². The lowest BCUT2D eigenvalue weighted by Gasteiger charge is -2.02. The van der Waals surface area contributed by atoms with Gasteiger partial charge in [0.15, 0.2) is 5.78 Å². The molecule has 106 valence electrons. The van der Waals surface area contributed by atoms with Crippen molar-refractivity contribution in [1.82, 2.24) is 4.73 Å². The molecule has 0 aliphatic heterocycles. The fourth-order valence-electron chi connectivity index (χ4n) is 2.01. The Kier molecular flexibility index (Phi) is 4.44. The van der Waals surface area contributed by atoms with Crippen molar-refractivity contribution in [2.75, 3.05) is 13.7 Å². The van der Waals surface area contributed by atoms with Gasteiger partial charge in [0.25, 0.3) is 0 Å². The Balaban J connectivity index is 2.42. The Bertz CT molecular complexity index is 662. The van der Waals surface area contributed by atoms with Crippen molar-refractivity contribution in [1.29, 1.82) is 0 Å². The molecule has 0 aliphatic rings. The van der Waals surface area contributed by atoms with Gasteiger partial charge >= 0.3 is 5.97 Å². The second-order valence-electron chi connectivity index (χ2n) is 4.09. The number of rotatable bonds is 5. The molecule has 0 aliphatic carbocycles. The Morgan fingerprint density at radius 3 is 2.75 bits per heavy atom. The first-order valence-electron chi connectivity index (χ1n) is 6.11. The van der Waals surface area contributed by atoms with Crippen LogP contribution in [0.5, 0.6) is 0 Å². The molecule has 6 heteroatoms. The number of para-hydroxylation sites is 1. The molecule has 1 aromatic carbocycles. The van der Waals surface area contributed by atoms with Gasteiger partial charge in [-0.15, -0.1) is 0 Å². The van der Waals surface area contributed by atoms with E-state index in [2.05, 4.69) is 15.9 Å². The van der Waals surface area contributed by atoms with Gasteiger partial charge in [0.2, 0.25) is 0 Å². The van der Waals surface area contributed by atoms with Gasteiger partial charge in [0, 0.05) is 15.4 Å². The molecular formula is C14H14BrNO4. The van der Waals surface area contributed by atoms with Gasteiger partial charge in [-0.3, -0.25) is 9.59 Å². The topological polar surface area (TPSA) is 57.5 Å². The first-order chi connectivity index (χ1) is 9.58. The Morgan fingerprint density at radius 2 is 2.10 bits per heavy atom. The molecule has 2 rings (SSSR count). The van der Waals surface area contributed by atoms with Crippen molar-refractivity contribution < 1.29 is 19.2 Å². The summed E-state index contributed by atoms with van der Waals surface area (Å²) in [4.78, 5) is 28.8. The van der Waals surface area contributed by atoms with E-state index in [0.717, 1.165) is 15.4 Å². The number of carbonyl (C=O) groups is 2. The minimum Gasteiger partial charge on any atom is -0.466 e. The summed E-state index contributed by atoms with van der Waals surface area (Å²) in [5.74, 6) is -0.812. The fourth-order valence-corrected chi connectivity index (χ4v) is 2.55. The highest BCUT2D eigenvalue weighted by Gasteiger charge is 2.20. The molecule has 20 heavy (non-hydrogen) atoms. The van der Waals surface area contributed by atoms with Crippen molar-refractivity contribution in [3.8, 4) is 0 Å². The predicted octanol–water partition coefficient (Wildman–Crippen LogP) is 2.60. The summed E-state index contributed by atoms with van der Waals surface area (Å²) in [6.45, 7) is 1.97. The number of hydrogen-bond acceptors (Lipinski definition) is 4. The van der Waals surface area contributed by atoms with E-state index in [9.17, 15) is 9.59 Å². The number of ketones is 1. The van der Waals surface area contributed by atoms with Crippen molar-refractivity contribution in [2.45, 2.75) is 13.3 Å². The Morgan fingerprint density at radius 1 is 1.35 bits per heavy atom. The van der Waals surface area contributed by atoms with Gasteiger partial charge in [-0.1, -0.05) is 12.1 Å². The van der Waals surface area contributed by atoms with Crippen molar-refractivity contribution in [2.24, 2.45) is 0 Å². The van der Waals surface area contributed by atoms with E-state index < -0.39 is 5.97 Å². The molecule has 0 radical (unpaired) electrons. The number of fused-ring (bicyclic) bond motifs is 1.